The number of hydrogen-bond acceptors (Lipinski definition) is 1. The van der Waals surface area contributed by atoms with Crippen LogP contribution in [0.2, 0.25) is 0 Å². The van der Waals surface area contributed by atoms with E-state index in [0.717, 1.165) is 6.54 Å². The van der Waals surface area contributed by atoms with E-state index in [4.69, 9.17) is 0 Å². The van der Waals surface area contributed by atoms with Gasteiger partial charge in [-0.1, -0.05) is 31.0 Å². The van der Waals surface area contributed by atoms with Crippen molar-refractivity contribution in [1.29, 1.82) is 0 Å². The first-order valence-corrected chi connectivity index (χ1v) is 8.48. The maximum Gasteiger partial charge on any atom is 0.0515 e. The van der Waals surface area contributed by atoms with Crippen molar-refractivity contribution in [3.05, 3.63) is 35.5 Å². The SMILES string of the molecule is Cc1cccc2c(CN3CCCCCC3)cn(C(C)C)c12. The second kappa shape index (κ2) is 6.23. The molecule has 1 aliphatic heterocycles. The molecular weight excluding hydrogens is 256 g/mol. The van der Waals surface area contributed by atoms with Gasteiger partial charge in [0.25, 0.3) is 0 Å². The third-order valence-corrected chi connectivity index (χ3v) is 4.79. The van der Waals surface area contributed by atoms with E-state index in [9.17, 15) is 0 Å². The number of likely N-dealkylation sites (tertiary alicyclic amines) is 1. The first-order valence-electron chi connectivity index (χ1n) is 8.48. The summed E-state index contributed by atoms with van der Waals surface area (Å²) in [6.45, 7) is 10.4. The predicted octanol–water partition coefficient (Wildman–Crippen LogP) is 4.91. The summed E-state index contributed by atoms with van der Waals surface area (Å²) in [6.07, 6.45) is 7.93. The van der Waals surface area contributed by atoms with Crippen LogP contribution in [0.5, 0.6) is 0 Å². The summed E-state index contributed by atoms with van der Waals surface area (Å²) in [4.78, 5) is 2.65. The number of hydrogen-bond donors (Lipinski definition) is 0. The van der Waals surface area contributed by atoms with Crippen molar-refractivity contribution in [1.82, 2.24) is 9.47 Å². The molecule has 0 unspecified atom stereocenters. The molecule has 2 aromatic rings. The minimum atomic E-state index is 0.520. The molecule has 0 atom stereocenters. The number of rotatable bonds is 3. The Morgan fingerprint density at radius 1 is 1.05 bits per heavy atom. The second-order valence-electron chi connectivity index (χ2n) is 6.82. The maximum atomic E-state index is 2.65. The van der Waals surface area contributed by atoms with Gasteiger partial charge in [-0.25, -0.2) is 0 Å². The van der Waals surface area contributed by atoms with Gasteiger partial charge in [-0.2, -0.15) is 0 Å². The molecule has 0 spiro atoms. The van der Waals surface area contributed by atoms with Crippen LogP contribution >= 0.6 is 0 Å². The third-order valence-electron chi connectivity index (χ3n) is 4.79. The lowest BCUT2D eigenvalue weighted by atomic mass is 10.1. The first kappa shape index (κ1) is 14.6. The molecule has 0 amide bonds. The average molecular weight is 284 g/mol. The van der Waals surface area contributed by atoms with Gasteiger partial charge in [-0.05, 0) is 57.8 Å². The van der Waals surface area contributed by atoms with Crippen LogP contribution in [-0.2, 0) is 6.54 Å². The average Bonchev–Trinajstić information content (AvgIpc) is 2.65. The molecule has 1 saturated heterocycles. The highest BCUT2D eigenvalue weighted by atomic mass is 15.1. The van der Waals surface area contributed by atoms with Crippen LogP contribution in [0.4, 0.5) is 0 Å². The van der Waals surface area contributed by atoms with Gasteiger partial charge >= 0.3 is 0 Å². The highest BCUT2D eigenvalue weighted by molar-refractivity contribution is 5.86. The Balaban J connectivity index is 1.96. The Morgan fingerprint density at radius 2 is 1.76 bits per heavy atom. The molecule has 2 heteroatoms. The second-order valence-corrected chi connectivity index (χ2v) is 6.82. The summed E-state index contributed by atoms with van der Waals surface area (Å²) in [5, 5.41) is 1.45. The van der Waals surface area contributed by atoms with Crippen LogP contribution in [0.3, 0.4) is 0 Å². The summed E-state index contributed by atoms with van der Waals surface area (Å²) in [6, 6.07) is 7.26. The minimum absolute atomic E-state index is 0.520. The van der Waals surface area contributed by atoms with Crippen LogP contribution < -0.4 is 0 Å². The summed E-state index contributed by atoms with van der Waals surface area (Å²) < 4.78 is 2.46. The summed E-state index contributed by atoms with van der Waals surface area (Å²) in [7, 11) is 0. The Bertz CT molecular complexity index is 601. The Kier molecular flexibility index (Phi) is 4.34. The molecule has 0 saturated carbocycles. The highest BCUT2D eigenvalue weighted by Gasteiger charge is 2.16. The van der Waals surface area contributed by atoms with Gasteiger partial charge in [-0.3, -0.25) is 4.90 Å². The van der Waals surface area contributed by atoms with E-state index < -0.39 is 0 Å². The number of aromatic nitrogens is 1. The van der Waals surface area contributed by atoms with Crippen LogP contribution in [-0.4, -0.2) is 22.6 Å². The van der Waals surface area contributed by atoms with Gasteiger partial charge in [0.1, 0.15) is 0 Å². The molecule has 0 N–H and O–H groups in total. The van der Waals surface area contributed by atoms with Crippen molar-refractivity contribution < 1.29 is 0 Å². The van der Waals surface area contributed by atoms with E-state index in [1.807, 2.05) is 0 Å². The van der Waals surface area contributed by atoms with Crippen LogP contribution in [0.15, 0.2) is 24.4 Å². The number of para-hydroxylation sites is 1. The lowest BCUT2D eigenvalue weighted by Crippen LogP contribution is -2.23. The maximum absolute atomic E-state index is 2.65. The standard InChI is InChI=1S/C19H28N2/c1-15(2)21-14-17(13-20-11-6-4-5-7-12-20)18-10-8-9-16(3)19(18)21/h8-10,14-15H,4-7,11-13H2,1-3H3. The molecule has 1 aliphatic rings. The van der Waals surface area contributed by atoms with Crippen molar-refractivity contribution >= 4 is 10.9 Å². The molecule has 1 fully saturated rings. The fourth-order valence-corrected chi connectivity index (χ4v) is 3.63. The molecule has 1 aromatic carbocycles. The van der Waals surface area contributed by atoms with E-state index in [1.54, 1.807) is 0 Å². The van der Waals surface area contributed by atoms with Gasteiger partial charge in [0.15, 0.2) is 0 Å². The normalized spacial score (nSPS) is 17.5. The zero-order valence-electron chi connectivity index (χ0n) is 13.7. The first-order chi connectivity index (χ1) is 10.2. The largest absolute Gasteiger partial charge is 0.344 e. The molecular formula is C19H28N2. The molecule has 2 nitrogen and oxygen atoms in total. The van der Waals surface area contributed by atoms with Crippen molar-refractivity contribution in [2.75, 3.05) is 13.1 Å². The van der Waals surface area contributed by atoms with Gasteiger partial charge in [0.05, 0.1) is 5.52 Å². The Morgan fingerprint density at radius 3 is 2.43 bits per heavy atom. The predicted molar refractivity (Wildman–Crippen MR) is 90.8 cm³/mol. The quantitative estimate of drug-likeness (QED) is 0.777. The molecule has 114 valence electrons. The molecule has 1 aromatic heterocycles. The van der Waals surface area contributed by atoms with Gasteiger partial charge in [0, 0.05) is 24.2 Å². The summed E-state index contributed by atoms with van der Waals surface area (Å²) in [5.41, 5.74) is 4.32. The highest BCUT2D eigenvalue weighted by Crippen LogP contribution is 2.28. The molecule has 0 bridgehead atoms. The number of nitrogens with zero attached hydrogens (tertiary/aromatic N) is 2. The zero-order chi connectivity index (χ0) is 14.8. The fourth-order valence-electron chi connectivity index (χ4n) is 3.63. The van der Waals surface area contributed by atoms with Gasteiger partial charge in [-0.15, -0.1) is 0 Å². The van der Waals surface area contributed by atoms with Crippen LogP contribution in [0.25, 0.3) is 10.9 Å². The molecule has 21 heavy (non-hydrogen) atoms. The minimum Gasteiger partial charge on any atom is -0.344 e. The molecule has 0 radical (unpaired) electrons. The lowest BCUT2D eigenvalue weighted by molar-refractivity contribution is 0.277. The lowest BCUT2D eigenvalue weighted by Gasteiger charge is -2.19. The van der Waals surface area contributed by atoms with E-state index in [0.29, 0.717) is 6.04 Å². The van der Waals surface area contributed by atoms with E-state index in [1.165, 1.54) is 60.8 Å². The number of aryl methyl sites for hydroxylation is 1. The van der Waals surface area contributed by atoms with Crippen molar-refractivity contribution in [2.24, 2.45) is 0 Å². The number of benzene rings is 1. The summed E-state index contributed by atoms with van der Waals surface area (Å²) >= 11 is 0. The van der Waals surface area contributed by atoms with Gasteiger partial charge in [0.2, 0.25) is 0 Å². The number of fused-ring (bicyclic) bond motifs is 1. The van der Waals surface area contributed by atoms with Crippen molar-refractivity contribution in [2.45, 2.75) is 59.0 Å². The smallest absolute Gasteiger partial charge is 0.0515 e. The van der Waals surface area contributed by atoms with Crippen molar-refractivity contribution in [3.8, 4) is 0 Å². The van der Waals surface area contributed by atoms with Crippen LogP contribution in [0, 0.1) is 6.92 Å². The topological polar surface area (TPSA) is 8.17 Å². The van der Waals surface area contributed by atoms with Crippen molar-refractivity contribution in [3.63, 3.8) is 0 Å². The van der Waals surface area contributed by atoms with E-state index in [2.05, 4.69) is 54.6 Å². The molecule has 2 heterocycles. The zero-order valence-corrected chi connectivity index (χ0v) is 13.7. The van der Waals surface area contributed by atoms with E-state index in [-0.39, 0.29) is 0 Å². The van der Waals surface area contributed by atoms with Crippen LogP contribution in [0.1, 0.15) is 56.7 Å². The fraction of sp³-hybridized carbons (Fsp3) is 0.579. The Hall–Kier alpha value is -1.28. The molecule has 3 rings (SSSR count). The Labute approximate surface area is 128 Å². The monoisotopic (exact) mass is 284 g/mol. The third kappa shape index (κ3) is 3.01. The van der Waals surface area contributed by atoms with Gasteiger partial charge < -0.3 is 4.57 Å². The summed E-state index contributed by atoms with van der Waals surface area (Å²) in [5.74, 6) is 0. The van der Waals surface area contributed by atoms with E-state index >= 15 is 0 Å². The molecule has 0 aliphatic carbocycles.